The molecule has 3 nitrogen and oxygen atoms in total. The second-order valence-electron chi connectivity index (χ2n) is 7.16. The van der Waals surface area contributed by atoms with Gasteiger partial charge in [-0.15, -0.1) is 0 Å². The van der Waals surface area contributed by atoms with Crippen molar-refractivity contribution in [3.05, 3.63) is 105 Å². The van der Waals surface area contributed by atoms with Crippen molar-refractivity contribution in [3.63, 3.8) is 0 Å². The summed E-state index contributed by atoms with van der Waals surface area (Å²) in [6.45, 7) is 1.98. The molecule has 0 aliphatic carbocycles. The molecule has 0 saturated carbocycles. The van der Waals surface area contributed by atoms with Gasteiger partial charge in [-0.25, -0.2) is 4.79 Å². The van der Waals surface area contributed by atoms with E-state index in [4.69, 9.17) is 20.4 Å². The quantitative estimate of drug-likeness (QED) is 0.314. The summed E-state index contributed by atoms with van der Waals surface area (Å²) in [5.74, 6) is 0. The van der Waals surface area contributed by atoms with Gasteiger partial charge in [0, 0.05) is 39.4 Å². The highest BCUT2D eigenvalue weighted by Crippen LogP contribution is 2.35. The number of rotatable bonds is 3. The molecule has 0 bridgehead atoms. The molecule has 0 radical (unpaired) electrons. The Hall–Kier alpha value is -3.30. The molecular formula is C25H17ClO3. The number of benzene rings is 3. The van der Waals surface area contributed by atoms with Gasteiger partial charge in [-0.3, -0.25) is 0 Å². The molecule has 142 valence electrons. The third-order valence-corrected chi connectivity index (χ3v) is 5.61. The van der Waals surface area contributed by atoms with Crippen molar-refractivity contribution in [2.75, 3.05) is 0 Å². The molecule has 0 spiro atoms. The third kappa shape index (κ3) is 3.14. The first kappa shape index (κ1) is 17.8. The predicted molar refractivity (Wildman–Crippen MR) is 117 cm³/mol. The van der Waals surface area contributed by atoms with Gasteiger partial charge in [-0.2, -0.15) is 0 Å². The molecule has 3 aromatic carbocycles. The SMILES string of the molecule is Cc1c(Cc2ccccc2)c(=O)oc2cc3occ(-c4ccc(Cl)cc4)c3cc12. The fourth-order valence-electron chi connectivity index (χ4n) is 3.77. The summed E-state index contributed by atoms with van der Waals surface area (Å²) in [6.07, 6.45) is 2.27. The Morgan fingerprint density at radius 1 is 0.897 bits per heavy atom. The highest BCUT2D eigenvalue weighted by Gasteiger charge is 2.16. The number of halogens is 1. The predicted octanol–water partition coefficient (Wildman–Crippen LogP) is 6.76. The molecule has 2 aromatic heterocycles. The first-order chi connectivity index (χ1) is 14.1. The Balaban J connectivity index is 1.70. The average molecular weight is 401 g/mol. The minimum absolute atomic E-state index is 0.303. The lowest BCUT2D eigenvalue weighted by Gasteiger charge is -2.08. The topological polar surface area (TPSA) is 43.4 Å². The minimum atomic E-state index is -0.303. The Kier molecular flexibility index (Phi) is 4.26. The zero-order valence-electron chi connectivity index (χ0n) is 15.7. The zero-order chi connectivity index (χ0) is 20.0. The number of aryl methyl sites for hydroxylation is 1. The van der Waals surface area contributed by atoms with Crippen LogP contribution in [0.4, 0.5) is 0 Å². The standard InChI is InChI=1S/C25H17ClO3/c1-15-19-12-21-22(17-7-9-18(26)10-8-17)14-28-23(21)13-24(19)29-25(27)20(15)11-16-5-3-2-4-6-16/h2-10,12-14H,11H2,1H3. The lowest BCUT2D eigenvalue weighted by atomic mass is 9.97. The normalized spacial score (nSPS) is 11.4. The van der Waals surface area contributed by atoms with E-state index in [1.807, 2.05) is 67.6 Å². The van der Waals surface area contributed by atoms with Crippen molar-refractivity contribution in [2.24, 2.45) is 0 Å². The molecule has 5 aromatic rings. The van der Waals surface area contributed by atoms with E-state index in [0.717, 1.165) is 33.0 Å². The summed E-state index contributed by atoms with van der Waals surface area (Å²) in [6, 6.07) is 21.4. The van der Waals surface area contributed by atoms with Gasteiger partial charge in [0.25, 0.3) is 0 Å². The van der Waals surface area contributed by atoms with Gasteiger partial charge in [-0.05, 0) is 41.8 Å². The first-order valence-corrected chi connectivity index (χ1v) is 9.75. The third-order valence-electron chi connectivity index (χ3n) is 5.36. The van der Waals surface area contributed by atoms with E-state index < -0.39 is 0 Å². The van der Waals surface area contributed by atoms with E-state index in [1.165, 1.54) is 0 Å². The molecular weight excluding hydrogens is 384 g/mol. The Morgan fingerprint density at radius 2 is 1.66 bits per heavy atom. The van der Waals surface area contributed by atoms with Gasteiger partial charge in [0.1, 0.15) is 11.2 Å². The number of hydrogen-bond acceptors (Lipinski definition) is 3. The fraction of sp³-hybridized carbons (Fsp3) is 0.0800. The molecule has 4 heteroatoms. The maximum Gasteiger partial charge on any atom is 0.340 e. The van der Waals surface area contributed by atoms with Crippen molar-refractivity contribution < 1.29 is 8.83 Å². The lowest BCUT2D eigenvalue weighted by Crippen LogP contribution is -2.10. The van der Waals surface area contributed by atoms with Crippen LogP contribution in [0.15, 0.2) is 86.6 Å². The first-order valence-electron chi connectivity index (χ1n) is 9.37. The molecule has 0 N–H and O–H groups in total. The lowest BCUT2D eigenvalue weighted by molar-refractivity contribution is 0.549. The second-order valence-corrected chi connectivity index (χ2v) is 7.59. The van der Waals surface area contributed by atoms with Crippen LogP contribution in [0.25, 0.3) is 33.1 Å². The Morgan fingerprint density at radius 3 is 2.41 bits per heavy atom. The summed E-state index contributed by atoms with van der Waals surface area (Å²) in [4.78, 5) is 12.6. The minimum Gasteiger partial charge on any atom is -0.464 e. The Labute approximate surface area is 172 Å². The molecule has 0 fully saturated rings. The summed E-state index contributed by atoms with van der Waals surface area (Å²) in [5, 5.41) is 2.58. The molecule has 29 heavy (non-hydrogen) atoms. The van der Waals surface area contributed by atoms with Gasteiger partial charge in [0.05, 0.1) is 6.26 Å². The van der Waals surface area contributed by atoms with Crippen LogP contribution >= 0.6 is 11.6 Å². The van der Waals surface area contributed by atoms with Crippen LogP contribution in [0.1, 0.15) is 16.7 Å². The van der Waals surface area contributed by atoms with Crippen molar-refractivity contribution >= 4 is 33.5 Å². The van der Waals surface area contributed by atoms with Gasteiger partial charge >= 0.3 is 5.63 Å². The van der Waals surface area contributed by atoms with E-state index in [2.05, 4.69) is 0 Å². The monoisotopic (exact) mass is 400 g/mol. The molecule has 0 unspecified atom stereocenters. The van der Waals surface area contributed by atoms with Gasteiger partial charge in [0.2, 0.25) is 0 Å². The summed E-state index contributed by atoms with van der Waals surface area (Å²) >= 11 is 6.02. The van der Waals surface area contributed by atoms with Crippen LogP contribution in [-0.4, -0.2) is 0 Å². The van der Waals surface area contributed by atoms with Crippen LogP contribution in [0.5, 0.6) is 0 Å². The van der Waals surface area contributed by atoms with Crippen LogP contribution in [0.2, 0.25) is 5.02 Å². The summed E-state index contributed by atoms with van der Waals surface area (Å²) in [7, 11) is 0. The maximum atomic E-state index is 12.6. The molecule has 0 saturated heterocycles. The summed E-state index contributed by atoms with van der Waals surface area (Å²) in [5.41, 5.74) is 5.61. The van der Waals surface area contributed by atoms with Crippen LogP contribution in [0, 0.1) is 6.92 Å². The smallest absolute Gasteiger partial charge is 0.340 e. The Bertz CT molecular complexity index is 1390. The van der Waals surface area contributed by atoms with Crippen LogP contribution < -0.4 is 5.63 Å². The number of hydrogen-bond donors (Lipinski definition) is 0. The van der Waals surface area contributed by atoms with Crippen LogP contribution in [-0.2, 0) is 6.42 Å². The van der Waals surface area contributed by atoms with Crippen molar-refractivity contribution in [2.45, 2.75) is 13.3 Å². The molecule has 5 rings (SSSR count). The van der Waals surface area contributed by atoms with Crippen molar-refractivity contribution in [1.29, 1.82) is 0 Å². The molecule has 2 heterocycles. The highest BCUT2D eigenvalue weighted by molar-refractivity contribution is 6.30. The maximum absolute atomic E-state index is 12.6. The second kappa shape index (κ2) is 6.94. The largest absolute Gasteiger partial charge is 0.464 e. The molecule has 0 atom stereocenters. The van der Waals surface area contributed by atoms with Gasteiger partial charge in [-0.1, -0.05) is 54.1 Å². The van der Waals surface area contributed by atoms with E-state index >= 15 is 0 Å². The fourth-order valence-corrected chi connectivity index (χ4v) is 3.89. The highest BCUT2D eigenvalue weighted by atomic mass is 35.5. The zero-order valence-corrected chi connectivity index (χ0v) is 16.5. The van der Waals surface area contributed by atoms with E-state index in [-0.39, 0.29) is 5.63 Å². The van der Waals surface area contributed by atoms with E-state index in [1.54, 1.807) is 12.3 Å². The van der Waals surface area contributed by atoms with Crippen molar-refractivity contribution in [3.8, 4) is 11.1 Å². The molecule has 0 aliphatic heterocycles. The summed E-state index contributed by atoms with van der Waals surface area (Å²) < 4.78 is 11.4. The number of furan rings is 1. The average Bonchev–Trinajstić information content (AvgIpc) is 3.14. The van der Waals surface area contributed by atoms with Gasteiger partial charge in [0.15, 0.2) is 0 Å². The van der Waals surface area contributed by atoms with E-state index in [0.29, 0.717) is 28.2 Å². The number of fused-ring (bicyclic) bond motifs is 2. The molecule has 0 aliphatic rings. The molecule has 0 amide bonds. The van der Waals surface area contributed by atoms with E-state index in [9.17, 15) is 4.79 Å². The van der Waals surface area contributed by atoms with Gasteiger partial charge < -0.3 is 8.83 Å². The van der Waals surface area contributed by atoms with Crippen LogP contribution in [0.3, 0.4) is 0 Å². The van der Waals surface area contributed by atoms with Crippen molar-refractivity contribution in [1.82, 2.24) is 0 Å².